The Morgan fingerprint density at radius 3 is 1.86 bits per heavy atom. The van der Waals surface area contributed by atoms with E-state index in [1.165, 1.54) is 25.7 Å². The van der Waals surface area contributed by atoms with Crippen LogP contribution in [0.25, 0.3) is 0 Å². The fraction of sp³-hybridized carbons (Fsp3) is 0.167. The maximum Gasteiger partial charge on any atom is 0.196 e. The molecule has 140 valence electrons. The van der Waals surface area contributed by atoms with Crippen molar-refractivity contribution in [3.8, 4) is 0 Å². The molecule has 0 saturated heterocycles. The van der Waals surface area contributed by atoms with E-state index in [9.17, 15) is 9.59 Å². The number of aryl methyl sites for hydroxylation is 2. The maximum atomic E-state index is 12.4. The van der Waals surface area contributed by atoms with Gasteiger partial charge < -0.3 is 5.73 Å². The third kappa shape index (κ3) is 3.25. The van der Waals surface area contributed by atoms with Crippen LogP contribution in [0.5, 0.6) is 0 Å². The summed E-state index contributed by atoms with van der Waals surface area (Å²) in [4.78, 5) is 25.2. The van der Waals surface area contributed by atoms with Crippen LogP contribution in [0.4, 0.5) is 5.69 Å². The third-order valence-corrected chi connectivity index (χ3v) is 5.72. The first-order valence-corrected chi connectivity index (χ1v) is 9.89. The van der Waals surface area contributed by atoms with Gasteiger partial charge in [0.15, 0.2) is 11.6 Å². The van der Waals surface area contributed by atoms with Gasteiger partial charge in [-0.1, -0.05) is 48.5 Å². The molecule has 0 amide bonds. The number of fused-ring (bicyclic) bond motifs is 3. The molecule has 0 bridgehead atoms. The number of ketones is 2. The largest absolute Gasteiger partial charge is 0.398 e. The van der Waals surface area contributed by atoms with Crippen molar-refractivity contribution in [2.75, 3.05) is 5.73 Å². The van der Waals surface area contributed by atoms with E-state index >= 15 is 0 Å². The van der Waals surface area contributed by atoms with Crippen molar-refractivity contribution in [2.24, 2.45) is 0 Å². The Balaban J connectivity index is 0.000000162. The van der Waals surface area contributed by atoms with Crippen molar-refractivity contribution in [1.29, 1.82) is 0 Å². The molecule has 0 spiro atoms. The number of carbonyl (C=O) groups excluding carboxylic acids is 2. The molecule has 28 heavy (non-hydrogen) atoms. The molecule has 0 unspecified atom stereocenters. The van der Waals surface area contributed by atoms with Crippen LogP contribution in [-0.4, -0.2) is 11.6 Å². The van der Waals surface area contributed by atoms with E-state index in [0.717, 1.165) is 0 Å². The summed E-state index contributed by atoms with van der Waals surface area (Å²) >= 11 is 4.25. The zero-order valence-corrected chi connectivity index (χ0v) is 16.3. The average Bonchev–Trinajstić information content (AvgIpc) is 2.72. The smallest absolute Gasteiger partial charge is 0.196 e. The van der Waals surface area contributed by atoms with E-state index in [-0.39, 0.29) is 11.6 Å². The SMILES string of the molecule is Nc1cccc2c1C(=O)c1cccc(S)c1C2=O.c1ccc2c(c1)CCCC2. The zero-order valence-electron chi connectivity index (χ0n) is 15.4. The molecular formula is C24H21NO2S. The van der Waals surface area contributed by atoms with Crippen LogP contribution in [0.15, 0.2) is 65.6 Å². The molecule has 5 rings (SSSR count). The first-order valence-electron chi connectivity index (χ1n) is 9.44. The molecule has 3 nitrogen and oxygen atoms in total. The molecule has 2 aliphatic carbocycles. The maximum absolute atomic E-state index is 12.4. The summed E-state index contributed by atoms with van der Waals surface area (Å²) in [6, 6.07) is 18.8. The second kappa shape index (κ2) is 7.64. The summed E-state index contributed by atoms with van der Waals surface area (Å²) in [5.74, 6) is -0.411. The van der Waals surface area contributed by atoms with Gasteiger partial charge >= 0.3 is 0 Å². The summed E-state index contributed by atoms with van der Waals surface area (Å²) in [6.07, 6.45) is 5.38. The van der Waals surface area contributed by atoms with Crippen LogP contribution in [-0.2, 0) is 12.8 Å². The Morgan fingerprint density at radius 1 is 0.679 bits per heavy atom. The Labute approximate surface area is 170 Å². The second-order valence-electron chi connectivity index (χ2n) is 7.10. The summed E-state index contributed by atoms with van der Waals surface area (Å²) in [6.45, 7) is 0. The van der Waals surface area contributed by atoms with Gasteiger partial charge in [0.05, 0.1) is 5.56 Å². The molecule has 0 atom stereocenters. The number of carbonyl (C=O) groups is 2. The summed E-state index contributed by atoms with van der Waals surface area (Å²) in [5, 5.41) is 0. The van der Waals surface area contributed by atoms with Crippen molar-refractivity contribution in [3.63, 3.8) is 0 Å². The van der Waals surface area contributed by atoms with Crippen LogP contribution >= 0.6 is 12.6 Å². The van der Waals surface area contributed by atoms with Crippen LogP contribution < -0.4 is 5.73 Å². The Morgan fingerprint density at radius 2 is 1.21 bits per heavy atom. The van der Waals surface area contributed by atoms with Gasteiger partial charge in [-0.05, 0) is 48.9 Å². The molecule has 0 aromatic heterocycles. The predicted octanol–water partition coefficient (Wildman–Crippen LogP) is 4.90. The molecule has 0 saturated carbocycles. The molecular weight excluding hydrogens is 366 g/mol. The van der Waals surface area contributed by atoms with Gasteiger partial charge in [-0.25, -0.2) is 0 Å². The molecule has 0 heterocycles. The molecule has 2 N–H and O–H groups in total. The topological polar surface area (TPSA) is 60.2 Å². The highest BCUT2D eigenvalue weighted by atomic mass is 32.1. The molecule has 3 aromatic carbocycles. The van der Waals surface area contributed by atoms with Crippen molar-refractivity contribution >= 4 is 29.9 Å². The molecule has 0 fully saturated rings. The lowest BCUT2D eigenvalue weighted by Gasteiger charge is -2.19. The van der Waals surface area contributed by atoms with E-state index in [1.54, 1.807) is 47.5 Å². The van der Waals surface area contributed by atoms with E-state index in [2.05, 4.69) is 36.9 Å². The van der Waals surface area contributed by atoms with Gasteiger partial charge in [-0.2, -0.15) is 0 Å². The van der Waals surface area contributed by atoms with E-state index in [0.29, 0.717) is 32.8 Å². The fourth-order valence-electron chi connectivity index (χ4n) is 3.93. The first-order chi connectivity index (χ1) is 13.6. The minimum absolute atomic E-state index is 0.197. The highest BCUT2D eigenvalue weighted by molar-refractivity contribution is 7.80. The first kappa shape index (κ1) is 18.5. The number of anilines is 1. The van der Waals surface area contributed by atoms with E-state index < -0.39 is 0 Å². The highest BCUT2D eigenvalue weighted by Gasteiger charge is 2.32. The molecule has 0 radical (unpaired) electrons. The molecule has 4 heteroatoms. The van der Waals surface area contributed by atoms with Crippen LogP contribution in [0.1, 0.15) is 55.8 Å². The van der Waals surface area contributed by atoms with Crippen molar-refractivity contribution in [3.05, 3.63) is 94.0 Å². The fourth-order valence-corrected chi connectivity index (χ4v) is 4.23. The van der Waals surface area contributed by atoms with Gasteiger partial charge in [-0.15, -0.1) is 12.6 Å². The van der Waals surface area contributed by atoms with Gasteiger partial charge in [0.25, 0.3) is 0 Å². The number of nitrogens with two attached hydrogens (primary N) is 1. The van der Waals surface area contributed by atoms with E-state index in [4.69, 9.17) is 5.73 Å². The lowest BCUT2D eigenvalue weighted by molar-refractivity contribution is 0.0977. The summed E-state index contributed by atoms with van der Waals surface area (Å²) in [5.41, 5.74) is 10.7. The number of nitrogen functional groups attached to an aromatic ring is 1. The molecule has 0 aliphatic heterocycles. The highest BCUT2D eigenvalue weighted by Crippen LogP contribution is 2.33. The van der Waals surface area contributed by atoms with Crippen LogP contribution in [0.2, 0.25) is 0 Å². The van der Waals surface area contributed by atoms with Gasteiger partial charge in [0, 0.05) is 27.3 Å². The average molecular weight is 388 g/mol. The number of benzene rings is 3. The quantitative estimate of drug-likeness (QED) is 0.333. The van der Waals surface area contributed by atoms with Crippen molar-refractivity contribution < 1.29 is 9.59 Å². The minimum Gasteiger partial charge on any atom is -0.398 e. The Hall–Kier alpha value is -2.85. The Kier molecular flexibility index (Phi) is 5.05. The monoisotopic (exact) mass is 387 g/mol. The van der Waals surface area contributed by atoms with Crippen molar-refractivity contribution in [1.82, 2.24) is 0 Å². The van der Waals surface area contributed by atoms with Crippen LogP contribution in [0, 0.1) is 0 Å². The predicted molar refractivity (Wildman–Crippen MR) is 114 cm³/mol. The zero-order chi connectivity index (χ0) is 19.7. The minimum atomic E-state index is -0.214. The normalized spacial score (nSPS) is 14.3. The van der Waals surface area contributed by atoms with Gasteiger partial charge in [-0.3, -0.25) is 9.59 Å². The number of thiol groups is 1. The van der Waals surface area contributed by atoms with E-state index in [1.807, 2.05) is 0 Å². The van der Waals surface area contributed by atoms with Gasteiger partial charge in [0.1, 0.15) is 0 Å². The molecule has 3 aromatic rings. The summed E-state index contributed by atoms with van der Waals surface area (Å²) < 4.78 is 0. The number of hydrogen-bond acceptors (Lipinski definition) is 4. The van der Waals surface area contributed by atoms with Gasteiger partial charge in [0.2, 0.25) is 0 Å². The Bertz CT molecular complexity index is 1000. The van der Waals surface area contributed by atoms with Crippen molar-refractivity contribution in [2.45, 2.75) is 30.6 Å². The molecule has 2 aliphatic rings. The second-order valence-corrected chi connectivity index (χ2v) is 7.59. The number of hydrogen-bond donors (Lipinski definition) is 2. The third-order valence-electron chi connectivity index (χ3n) is 5.34. The lowest BCUT2D eigenvalue weighted by Crippen LogP contribution is -2.22. The summed E-state index contributed by atoms with van der Waals surface area (Å²) in [7, 11) is 0. The lowest BCUT2D eigenvalue weighted by atomic mass is 9.83. The van der Waals surface area contributed by atoms with Crippen LogP contribution in [0.3, 0.4) is 0 Å². The standard InChI is InChI=1S/C14H9NO2S.C10H12/c15-9-5-1-3-7-11(9)13(16)8-4-2-6-10(18)12(8)14(7)17;1-2-6-10-8-4-3-7-9(10)5-1/h1-6,18H,15H2;1-2,5-6H,3-4,7-8H2. The number of rotatable bonds is 0.